The van der Waals surface area contributed by atoms with Crippen molar-refractivity contribution in [3.05, 3.63) is 47.7 Å². The monoisotopic (exact) mass is 586 g/mol. The van der Waals surface area contributed by atoms with Crippen molar-refractivity contribution in [1.82, 2.24) is 9.88 Å². The van der Waals surface area contributed by atoms with Crippen LogP contribution in [0.1, 0.15) is 54.9 Å². The van der Waals surface area contributed by atoms with Gasteiger partial charge in [0.1, 0.15) is 0 Å². The Morgan fingerprint density at radius 2 is 1.60 bits per heavy atom. The number of aliphatic carboxylic acids is 1. The molecular weight excluding hydrogens is 553 g/mol. The average Bonchev–Trinajstić information content (AvgIpc) is 2.93. The van der Waals surface area contributed by atoms with Crippen molar-refractivity contribution in [3.63, 3.8) is 0 Å². The molecule has 0 amide bonds. The highest BCUT2D eigenvalue weighted by Gasteiger charge is 2.38. The zero-order valence-corrected chi connectivity index (χ0v) is 22.8. The largest absolute Gasteiger partial charge is 0.490 e. The molecule has 0 radical (unpaired) electrons. The number of anilines is 2. The summed E-state index contributed by atoms with van der Waals surface area (Å²) in [6.07, 6.45) is 2.80. The molecule has 1 aromatic heterocycles. The number of sulfonamides is 1. The predicted octanol–water partition coefficient (Wildman–Crippen LogP) is 4.23. The van der Waals surface area contributed by atoms with Crippen LogP contribution in [0.15, 0.2) is 41.4 Å². The molecule has 4 rings (SSSR count). The molecule has 2 aliphatic rings. The van der Waals surface area contributed by atoms with Crippen molar-refractivity contribution in [2.45, 2.75) is 62.6 Å². The lowest BCUT2D eigenvalue weighted by Crippen LogP contribution is -2.47. The van der Waals surface area contributed by atoms with E-state index in [-0.39, 0.29) is 16.1 Å². The van der Waals surface area contributed by atoms with Crippen molar-refractivity contribution >= 4 is 33.5 Å². The zero-order valence-electron chi connectivity index (χ0n) is 22.0. The van der Waals surface area contributed by atoms with E-state index in [4.69, 9.17) is 9.90 Å². The Morgan fingerprint density at radius 3 is 2.10 bits per heavy atom. The van der Waals surface area contributed by atoms with E-state index in [2.05, 4.69) is 19.5 Å². The number of pyridine rings is 1. The second kappa shape index (κ2) is 13.3. The number of likely N-dealkylation sites (tertiary alicyclic amines) is 1. The molecule has 3 heterocycles. The summed E-state index contributed by atoms with van der Waals surface area (Å²) in [5.74, 6) is -3.43. The van der Waals surface area contributed by atoms with Crippen molar-refractivity contribution in [2.24, 2.45) is 0 Å². The molecule has 1 aromatic carbocycles. The van der Waals surface area contributed by atoms with Crippen LogP contribution in [0.25, 0.3) is 0 Å². The standard InChI is InChI=1S/C24H32N4O4S.C2HF3O2/c1-2-18-6-8-21(9-7-18)33(31,32)26-22-16-19(24(29)30)17-25-23(22)28-14-10-20(11-15-28)27-12-4-3-5-13-27;3-2(4,5)1(6)7/h6-9,16-17,20,26H,2-5,10-15H2,1H3,(H,29,30);(H,6,7). The van der Waals surface area contributed by atoms with E-state index >= 15 is 0 Å². The maximum atomic E-state index is 13.1. The third-order valence-electron chi connectivity index (χ3n) is 6.91. The number of alkyl halides is 3. The highest BCUT2D eigenvalue weighted by Crippen LogP contribution is 2.31. The first-order valence-electron chi connectivity index (χ1n) is 13.0. The van der Waals surface area contributed by atoms with Gasteiger partial charge in [-0.25, -0.2) is 23.0 Å². The van der Waals surface area contributed by atoms with Crippen LogP contribution in [-0.4, -0.2) is 78.9 Å². The third-order valence-corrected chi connectivity index (χ3v) is 8.29. The minimum Gasteiger partial charge on any atom is -0.478 e. The summed E-state index contributed by atoms with van der Waals surface area (Å²) >= 11 is 0. The van der Waals surface area contributed by atoms with Crippen molar-refractivity contribution in [2.75, 3.05) is 35.8 Å². The van der Waals surface area contributed by atoms with Crippen LogP contribution < -0.4 is 9.62 Å². The number of carboxylic acids is 2. The van der Waals surface area contributed by atoms with Crippen molar-refractivity contribution in [3.8, 4) is 0 Å². The normalized spacial score (nSPS) is 17.1. The average molecular weight is 587 g/mol. The molecule has 10 nitrogen and oxygen atoms in total. The predicted molar refractivity (Wildman–Crippen MR) is 142 cm³/mol. The summed E-state index contributed by atoms with van der Waals surface area (Å²) in [6.45, 7) is 5.81. The number of aromatic carboxylic acids is 1. The number of piperidine rings is 2. The molecule has 14 heteroatoms. The molecule has 220 valence electrons. The SMILES string of the molecule is CCc1ccc(S(=O)(=O)Nc2cc(C(=O)O)cnc2N2CCC(N3CCCCC3)CC2)cc1.O=C(O)C(F)(F)F. The van der Waals surface area contributed by atoms with E-state index in [9.17, 15) is 31.5 Å². The molecule has 2 aliphatic heterocycles. The number of hydrogen-bond donors (Lipinski definition) is 3. The molecule has 2 saturated heterocycles. The van der Waals surface area contributed by atoms with Gasteiger partial charge in [-0.1, -0.05) is 25.5 Å². The topological polar surface area (TPSA) is 140 Å². The van der Waals surface area contributed by atoms with E-state index in [1.165, 1.54) is 31.5 Å². The number of carboxylic acid groups (broad SMARTS) is 2. The first-order chi connectivity index (χ1) is 18.8. The van der Waals surface area contributed by atoms with Gasteiger partial charge < -0.3 is 20.0 Å². The van der Waals surface area contributed by atoms with Crippen LogP contribution in [0.4, 0.5) is 24.7 Å². The lowest BCUT2D eigenvalue weighted by molar-refractivity contribution is -0.192. The molecule has 0 atom stereocenters. The zero-order chi connectivity index (χ0) is 29.5. The quantitative estimate of drug-likeness (QED) is 0.435. The molecular formula is C26H33F3N4O6S. The molecule has 0 bridgehead atoms. The summed E-state index contributed by atoms with van der Waals surface area (Å²) in [7, 11) is -3.89. The number of rotatable bonds is 7. The Morgan fingerprint density at radius 1 is 1.02 bits per heavy atom. The second-order valence-electron chi connectivity index (χ2n) is 9.62. The number of aromatic nitrogens is 1. The molecule has 2 fully saturated rings. The summed E-state index contributed by atoms with van der Waals surface area (Å²) in [5.41, 5.74) is 1.19. The summed E-state index contributed by atoms with van der Waals surface area (Å²) in [5, 5.41) is 16.6. The van der Waals surface area contributed by atoms with Gasteiger partial charge in [0.05, 0.1) is 16.1 Å². The summed E-state index contributed by atoms with van der Waals surface area (Å²) in [6, 6.07) is 8.61. The van der Waals surface area contributed by atoms with Crippen molar-refractivity contribution in [1.29, 1.82) is 0 Å². The second-order valence-corrected chi connectivity index (χ2v) is 11.3. The van der Waals surface area contributed by atoms with E-state index in [1.807, 2.05) is 6.92 Å². The third kappa shape index (κ3) is 8.31. The number of benzene rings is 1. The fourth-order valence-corrected chi connectivity index (χ4v) is 5.79. The van der Waals surface area contributed by atoms with E-state index in [1.54, 1.807) is 24.3 Å². The maximum absolute atomic E-state index is 13.1. The van der Waals surface area contributed by atoms with Crippen LogP contribution in [0.5, 0.6) is 0 Å². The van der Waals surface area contributed by atoms with Gasteiger partial charge in [0.15, 0.2) is 5.82 Å². The summed E-state index contributed by atoms with van der Waals surface area (Å²) in [4.78, 5) is 29.6. The first kappa shape index (κ1) is 31.1. The molecule has 0 spiro atoms. The lowest BCUT2D eigenvalue weighted by Gasteiger charge is -2.40. The number of nitrogens with zero attached hydrogens (tertiary/aromatic N) is 3. The Kier molecular flexibility index (Phi) is 10.4. The fraction of sp³-hybridized carbons (Fsp3) is 0.500. The number of aryl methyl sites for hydroxylation is 1. The van der Waals surface area contributed by atoms with Gasteiger partial charge in [0, 0.05) is 25.3 Å². The van der Waals surface area contributed by atoms with Gasteiger partial charge in [-0.3, -0.25) is 4.72 Å². The van der Waals surface area contributed by atoms with Gasteiger partial charge in [0.2, 0.25) is 0 Å². The number of hydrogen-bond acceptors (Lipinski definition) is 7. The Balaban J connectivity index is 0.000000559. The van der Waals surface area contributed by atoms with Crippen LogP contribution in [-0.2, 0) is 21.2 Å². The number of carbonyl (C=O) groups is 2. The highest BCUT2D eigenvalue weighted by atomic mass is 32.2. The van der Waals surface area contributed by atoms with Gasteiger partial charge >= 0.3 is 18.1 Å². The van der Waals surface area contributed by atoms with Gasteiger partial charge in [-0.2, -0.15) is 13.2 Å². The lowest BCUT2D eigenvalue weighted by atomic mass is 10.00. The minimum absolute atomic E-state index is 0.0546. The summed E-state index contributed by atoms with van der Waals surface area (Å²) < 4.78 is 60.5. The van der Waals surface area contributed by atoms with Gasteiger partial charge in [-0.15, -0.1) is 0 Å². The molecule has 2 aromatic rings. The highest BCUT2D eigenvalue weighted by molar-refractivity contribution is 7.92. The van der Waals surface area contributed by atoms with Gasteiger partial charge in [-0.05, 0) is 69.0 Å². The maximum Gasteiger partial charge on any atom is 0.490 e. The number of nitrogens with one attached hydrogen (secondary N) is 1. The van der Waals surface area contributed by atoms with Crippen molar-refractivity contribution < 1.29 is 41.4 Å². The van der Waals surface area contributed by atoms with Crippen LogP contribution >= 0.6 is 0 Å². The number of halogens is 3. The van der Waals surface area contributed by atoms with Gasteiger partial charge in [0.25, 0.3) is 10.0 Å². The Bertz CT molecular complexity index is 1270. The van der Waals surface area contributed by atoms with E-state index in [0.717, 1.165) is 51.0 Å². The van der Waals surface area contributed by atoms with Crippen LogP contribution in [0.3, 0.4) is 0 Å². The first-order valence-corrected chi connectivity index (χ1v) is 14.4. The minimum atomic E-state index is -5.08. The van der Waals surface area contributed by atoms with Crippen LogP contribution in [0, 0.1) is 0 Å². The van der Waals surface area contributed by atoms with Crippen LogP contribution in [0.2, 0.25) is 0 Å². The Labute approximate surface area is 230 Å². The van der Waals surface area contributed by atoms with E-state index < -0.39 is 28.1 Å². The van der Waals surface area contributed by atoms with E-state index in [0.29, 0.717) is 11.9 Å². The fourth-order valence-electron chi connectivity index (χ4n) is 4.74. The molecule has 3 N–H and O–H groups in total. The molecule has 0 saturated carbocycles. The molecule has 40 heavy (non-hydrogen) atoms. The molecule has 0 unspecified atom stereocenters. The smallest absolute Gasteiger partial charge is 0.478 e. The Hall–Kier alpha value is -3.39. The molecule has 0 aliphatic carbocycles.